The van der Waals surface area contributed by atoms with E-state index in [9.17, 15) is 9.59 Å². The Hall–Kier alpha value is -0.740. The van der Waals surface area contributed by atoms with Crippen LogP contribution in [0, 0.1) is 5.92 Å². The van der Waals surface area contributed by atoms with Crippen molar-refractivity contribution < 1.29 is 9.59 Å². The van der Waals surface area contributed by atoms with Crippen LogP contribution in [-0.2, 0) is 9.59 Å². The zero-order chi connectivity index (χ0) is 13.1. The largest absolute Gasteiger partial charge is 0.317 e. The summed E-state index contributed by atoms with van der Waals surface area (Å²) in [5.41, 5.74) is 0. The number of nitrogens with zero attached hydrogens (tertiary/aromatic N) is 1. The van der Waals surface area contributed by atoms with Gasteiger partial charge in [-0.3, -0.25) is 4.90 Å². The highest BCUT2D eigenvalue weighted by Gasteiger charge is 2.16. The standard InChI is InChI=1S/C8H16N2O.C5H10O/c1-10(6-7-11)8-2-4-9-5-3-8;1-5(2)3-4-6/h7-9H,2-6H2,1H3;4-5H,3H2,1-2H3. The first kappa shape index (κ1) is 16.3. The molecule has 0 unspecified atom stereocenters. The number of rotatable bonds is 5. The van der Waals surface area contributed by atoms with Crippen molar-refractivity contribution in [2.45, 2.75) is 39.2 Å². The van der Waals surface area contributed by atoms with E-state index in [1.54, 1.807) is 0 Å². The highest BCUT2D eigenvalue weighted by molar-refractivity contribution is 5.51. The molecule has 0 saturated carbocycles. The lowest BCUT2D eigenvalue weighted by Gasteiger charge is -2.30. The molecule has 0 aromatic rings. The quantitative estimate of drug-likeness (QED) is 0.734. The third-order valence-electron chi connectivity index (χ3n) is 2.86. The van der Waals surface area contributed by atoms with Crippen molar-refractivity contribution >= 4 is 12.6 Å². The lowest BCUT2D eigenvalue weighted by atomic mass is 10.1. The number of hydrogen-bond acceptors (Lipinski definition) is 4. The minimum Gasteiger partial charge on any atom is -0.317 e. The van der Waals surface area contributed by atoms with Crippen LogP contribution in [0.1, 0.15) is 33.1 Å². The summed E-state index contributed by atoms with van der Waals surface area (Å²) in [6.45, 7) is 6.80. The van der Waals surface area contributed by atoms with E-state index in [4.69, 9.17) is 0 Å². The van der Waals surface area contributed by atoms with Gasteiger partial charge in [0, 0.05) is 12.5 Å². The molecule has 17 heavy (non-hydrogen) atoms. The molecule has 0 aromatic carbocycles. The second-order valence-corrected chi connectivity index (χ2v) is 4.88. The molecule has 1 aliphatic rings. The lowest BCUT2D eigenvalue weighted by Crippen LogP contribution is -2.41. The highest BCUT2D eigenvalue weighted by Crippen LogP contribution is 2.08. The molecule has 4 heteroatoms. The summed E-state index contributed by atoms with van der Waals surface area (Å²) in [5, 5.41) is 3.30. The van der Waals surface area contributed by atoms with Crippen molar-refractivity contribution in [1.29, 1.82) is 0 Å². The van der Waals surface area contributed by atoms with Gasteiger partial charge >= 0.3 is 0 Å². The summed E-state index contributed by atoms with van der Waals surface area (Å²) in [4.78, 5) is 21.9. The Kier molecular flexibility index (Phi) is 9.96. The van der Waals surface area contributed by atoms with Crippen LogP contribution in [0.2, 0.25) is 0 Å². The van der Waals surface area contributed by atoms with Crippen LogP contribution in [0.4, 0.5) is 0 Å². The molecule has 0 radical (unpaired) electrons. The minimum absolute atomic E-state index is 0.530. The predicted octanol–water partition coefficient (Wildman–Crippen LogP) is 1.10. The van der Waals surface area contributed by atoms with Gasteiger partial charge in [-0.15, -0.1) is 0 Å². The van der Waals surface area contributed by atoms with Crippen LogP contribution in [0.5, 0.6) is 0 Å². The second kappa shape index (κ2) is 10.4. The van der Waals surface area contributed by atoms with E-state index in [1.165, 1.54) is 12.8 Å². The van der Waals surface area contributed by atoms with Gasteiger partial charge in [0.25, 0.3) is 0 Å². The van der Waals surface area contributed by atoms with E-state index in [-0.39, 0.29) is 0 Å². The zero-order valence-electron chi connectivity index (χ0n) is 11.3. The molecule has 1 saturated heterocycles. The first-order valence-corrected chi connectivity index (χ1v) is 6.40. The Morgan fingerprint density at radius 1 is 1.24 bits per heavy atom. The highest BCUT2D eigenvalue weighted by atomic mass is 16.1. The van der Waals surface area contributed by atoms with E-state index in [0.29, 0.717) is 24.9 Å². The van der Waals surface area contributed by atoms with Gasteiger partial charge in [-0.1, -0.05) is 13.8 Å². The topological polar surface area (TPSA) is 49.4 Å². The first-order valence-electron chi connectivity index (χ1n) is 6.40. The molecule has 0 spiro atoms. The van der Waals surface area contributed by atoms with E-state index in [1.807, 2.05) is 20.9 Å². The molecule has 4 nitrogen and oxygen atoms in total. The van der Waals surface area contributed by atoms with Gasteiger partial charge in [-0.2, -0.15) is 0 Å². The Morgan fingerprint density at radius 2 is 1.82 bits per heavy atom. The van der Waals surface area contributed by atoms with Gasteiger partial charge in [-0.25, -0.2) is 0 Å². The Morgan fingerprint density at radius 3 is 2.18 bits per heavy atom. The molecule has 0 aliphatic carbocycles. The number of piperidine rings is 1. The molecule has 100 valence electrons. The molecule has 0 amide bonds. The molecule has 1 rings (SSSR count). The number of likely N-dealkylation sites (N-methyl/N-ethyl adjacent to an activating group) is 1. The number of carbonyl (C=O) groups is 2. The molecular weight excluding hydrogens is 216 g/mol. The molecule has 0 bridgehead atoms. The third-order valence-corrected chi connectivity index (χ3v) is 2.86. The summed E-state index contributed by atoms with van der Waals surface area (Å²) in [7, 11) is 2.02. The van der Waals surface area contributed by atoms with Gasteiger partial charge in [-0.05, 0) is 38.9 Å². The van der Waals surface area contributed by atoms with Gasteiger partial charge in [0.15, 0.2) is 0 Å². The van der Waals surface area contributed by atoms with Crippen LogP contribution in [0.3, 0.4) is 0 Å². The maximum Gasteiger partial charge on any atom is 0.133 e. The molecule has 0 atom stereocenters. The predicted molar refractivity (Wildman–Crippen MR) is 70.1 cm³/mol. The van der Waals surface area contributed by atoms with E-state index < -0.39 is 0 Å². The summed E-state index contributed by atoms with van der Waals surface area (Å²) in [5.74, 6) is 0.530. The van der Waals surface area contributed by atoms with Gasteiger partial charge in [0.05, 0.1) is 6.54 Å². The molecule has 0 aromatic heterocycles. The van der Waals surface area contributed by atoms with E-state index in [0.717, 1.165) is 25.7 Å². The van der Waals surface area contributed by atoms with Crippen LogP contribution in [0.25, 0.3) is 0 Å². The number of nitrogens with one attached hydrogen (secondary N) is 1. The van der Waals surface area contributed by atoms with Crippen molar-refractivity contribution in [2.75, 3.05) is 26.7 Å². The second-order valence-electron chi connectivity index (χ2n) is 4.88. The summed E-state index contributed by atoms with van der Waals surface area (Å²) in [6.07, 6.45) is 4.96. The average Bonchev–Trinajstić information content (AvgIpc) is 2.31. The van der Waals surface area contributed by atoms with Crippen LogP contribution < -0.4 is 5.32 Å². The first-order chi connectivity index (χ1) is 8.11. The van der Waals surface area contributed by atoms with Crippen molar-refractivity contribution in [3.8, 4) is 0 Å². The summed E-state index contributed by atoms with van der Waals surface area (Å²) in [6, 6.07) is 0.612. The monoisotopic (exact) mass is 242 g/mol. The van der Waals surface area contributed by atoms with Crippen molar-refractivity contribution in [1.82, 2.24) is 10.2 Å². The Bertz CT molecular complexity index is 202. The van der Waals surface area contributed by atoms with E-state index in [2.05, 4.69) is 10.2 Å². The number of aldehydes is 2. The lowest BCUT2D eigenvalue weighted by molar-refractivity contribution is -0.109. The molecular formula is C13H26N2O2. The molecule has 1 heterocycles. The van der Waals surface area contributed by atoms with Gasteiger partial charge in [0.2, 0.25) is 0 Å². The van der Waals surface area contributed by atoms with Crippen LogP contribution >= 0.6 is 0 Å². The van der Waals surface area contributed by atoms with Gasteiger partial charge in [0.1, 0.15) is 12.6 Å². The Balaban J connectivity index is 0.000000366. The maximum absolute atomic E-state index is 10.2. The summed E-state index contributed by atoms with van der Waals surface area (Å²) >= 11 is 0. The summed E-state index contributed by atoms with van der Waals surface area (Å²) < 4.78 is 0. The zero-order valence-corrected chi connectivity index (χ0v) is 11.3. The normalized spacial score (nSPS) is 16.5. The Labute approximate surface area is 105 Å². The number of carbonyl (C=O) groups excluding carboxylic acids is 2. The SMILES string of the molecule is CC(C)CC=O.CN(CC=O)C1CCNCC1. The van der Waals surface area contributed by atoms with Crippen molar-refractivity contribution in [2.24, 2.45) is 5.92 Å². The minimum atomic E-state index is 0.530. The van der Waals surface area contributed by atoms with Crippen LogP contribution in [0.15, 0.2) is 0 Å². The third kappa shape index (κ3) is 9.01. The average molecular weight is 242 g/mol. The fourth-order valence-corrected chi connectivity index (χ4v) is 1.71. The fourth-order valence-electron chi connectivity index (χ4n) is 1.71. The van der Waals surface area contributed by atoms with Crippen molar-refractivity contribution in [3.05, 3.63) is 0 Å². The fraction of sp³-hybridized carbons (Fsp3) is 0.846. The van der Waals surface area contributed by atoms with Crippen LogP contribution in [-0.4, -0.2) is 50.2 Å². The molecule has 1 N–H and O–H groups in total. The maximum atomic E-state index is 10.2. The molecule has 1 fully saturated rings. The number of hydrogen-bond donors (Lipinski definition) is 1. The van der Waals surface area contributed by atoms with E-state index >= 15 is 0 Å². The van der Waals surface area contributed by atoms with Crippen molar-refractivity contribution in [3.63, 3.8) is 0 Å². The molecule has 1 aliphatic heterocycles. The van der Waals surface area contributed by atoms with Gasteiger partial charge < -0.3 is 14.9 Å². The smallest absolute Gasteiger partial charge is 0.133 e.